The van der Waals surface area contributed by atoms with Gasteiger partial charge in [-0.2, -0.15) is 0 Å². The normalized spacial score (nSPS) is 27.9. The topological polar surface area (TPSA) is 12.0 Å². The molecule has 17 heavy (non-hydrogen) atoms. The molecule has 0 radical (unpaired) electrons. The second-order valence-electron chi connectivity index (χ2n) is 4.93. The highest BCUT2D eigenvalue weighted by molar-refractivity contribution is 6.33. The van der Waals surface area contributed by atoms with Gasteiger partial charge in [-0.05, 0) is 55.0 Å². The highest BCUT2D eigenvalue weighted by Gasteiger charge is 2.38. The van der Waals surface area contributed by atoms with Crippen LogP contribution in [0.2, 0.25) is 10.0 Å². The molecule has 94 valence electrons. The maximum atomic E-state index is 6.24. The summed E-state index contributed by atoms with van der Waals surface area (Å²) in [7, 11) is 0. The summed E-state index contributed by atoms with van der Waals surface area (Å²) in [6.07, 6.45) is 2.35. The van der Waals surface area contributed by atoms with Crippen molar-refractivity contribution in [2.75, 3.05) is 6.54 Å². The largest absolute Gasteiger partial charge is 0.314 e. The quantitative estimate of drug-likeness (QED) is 0.851. The van der Waals surface area contributed by atoms with Crippen LogP contribution in [0.5, 0.6) is 0 Å². The molecule has 1 aromatic rings. The molecule has 0 heterocycles. The fraction of sp³-hybridized carbons (Fsp3) is 0.571. The van der Waals surface area contributed by atoms with E-state index in [0.29, 0.717) is 17.9 Å². The molecule has 1 saturated carbocycles. The van der Waals surface area contributed by atoms with Gasteiger partial charge in [-0.1, -0.05) is 37.0 Å². The van der Waals surface area contributed by atoms with Gasteiger partial charge in [-0.3, -0.25) is 0 Å². The van der Waals surface area contributed by atoms with Gasteiger partial charge >= 0.3 is 0 Å². The third-order valence-electron chi connectivity index (χ3n) is 3.79. The molecule has 0 saturated heterocycles. The summed E-state index contributed by atoms with van der Waals surface area (Å²) in [4.78, 5) is 0. The molecule has 1 N–H and O–H groups in total. The Morgan fingerprint density at radius 2 is 2.12 bits per heavy atom. The van der Waals surface area contributed by atoms with Gasteiger partial charge in [0.2, 0.25) is 0 Å². The van der Waals surface area contributed by atoms with Gasteiger partial charge in [0, 0.05) is 16.1 Å². The first-order chi connectivity index (χ1) is 8.13. The summed E-state index contributed by atoms with van der Waals surface area (Å²) in [5, 5.41) is 5.20. The lowest BCUT2D eigenvalue weighted by molar-refractivity contribution is 0.185. The maximum absolute atomic E-state index is 6.24. The molecule has 0 bridgehead atoms. The van der Waals surface area contributed by atoms with Gasteiger partial charge in [0.25, 0.3) is 0 Å². The molecule has 1 nitrogen and oxygen atoms in total. The van der Waals surface area contributed by atoms with Crippen molar-refractivity contribution in [2.24, 2.45) is 5.92 Å². The average molecular weight is 272 g/mol. The van der Waals surface area contributed by atoms with Gasteiger partial charge in [-0.15, -0.1) is 0 Å². The van der Waals surface area contributed by atoms with Crippen molar-refractivity contribution in [2.45, 2.75) is 38.6 Å². The molecule has 3 unspecified atom stereocenters. The summed E-state index contributed by atoms with van der Waals surface area (Å²) >= 11 is 12.3. The van der Waals surface area contributed by atoms with Gasteiger partial charge in [-0.25, -0.2) is 0 Å². The minimum Gasteiger partial charge on any atom is -0.314 e. The Kier molecular flexibility index (Phi) is 4.35. The van der Waals surface area contributed by atoms with Gasteiger partial charge in [0.05, 0.1) is 0 Å². The van der Waals surface area contributed by atoms with E-state index in [4.69, 9.17) is 23.2 Å². The van der Waals surface area contributed by atoms with Crippen molar-refractivity contribution in [3.05, 3.63) is 33.8 Å². The van der Waals surface area contributed by atoms with Crippen LogP contribution in [-0.4, -0.2) is 12.6 Å². The second kappa shape index (κ2) is 5.60. The Labute approximate surface area is 114 Å². The minimum atomic E-state index is 0.551. The maximum Gasteiger partial charge on any atom is 0.0441 e. The fourth-order valence-corrected chi connectivity index (χ4v) is 3.03. The first kappa shape index (κ1) is 13.2. The zero-order valence-electron chi connectivity index (χ0n) is 10.3. The van der Waals surface area contributed by atoms with Crippen molar-refractivity contribution in [3.8, 4) is 0 Å². The lowest BCUT2D eigenvalue weighted by Crippen LogP contribution is -2.48. The third-order valence-corrected chi connectivity index (χ3v) is 4.37. The van der Waals surface area contributed by atoms with E-state index in [2.05, 4.69) is 19.2 Å². The molecule has 3 heteroatoms. The lowest BCUT2D eigenvalue weighted by Gasteiger charge is -2.44. The second-order valence-corrected chi connectivity index (χ2v) is 5.77. The molecule has 1 aromatic carbocycles. The third kappa shape index (κ3) is 2.78. The summed E-state index contributed by atoms with van der Waals surface area (Å²) in [5.74, 6) is 1.19. The molecule has 1 aliphatic rings. The zero-order valence-corrected chi connectivity index (χ0v) is 11.9. The smallest absolute Gasteiger partial charge is 0.0441 e. The molecule has 2 rings (SSSR count). The Balaban J connectivity index is 2.03. The van der Waals surface area contributed by atoms with Gasteiger partial charge < -0.3 is 5.32 Å². The van der Waals surface area contributed by atoms with E-state index in [1.54, 1.807) is 0 Å². The van der Waals surface area contributed by atoms with E-state index >= 15 is 0 Å². The Hall–Kier alpha value is -0.240. The van der Waals surface area contributed by atoms with Crippen LogP contribution in [0.25, 0.3) is 0 Å². The average Bonchev–Trinajstić information content (AvgIpc) is 2.31. The van der Waals surface area contributed by atoms with Crippen LogP contribution in [0.1, 0.15) is 38.2 Å². The Morgan fingerprint density at radius 3 is 2.76 bits per heavy atom. The van der Waals surface area contributed by atoms with Crippen LogP contribution < -0.4 is 5.32 Å². The number of hydrogen-bond acceptors (Lipinski definition) is 1. The van der Waals surface area contributed by atoms with Crippen molar-refractivity contribution in [1.29, 1.82) is 0 Å². The van der Waals surface area contributed by atoms with E-state index in [1.807, 2.05) is 18.2 Å². The summed E-state index contributed by atoms with van der Waals surface area (Å²) in [6.45, 7) is 5.59. The molecular weight excluding hydrogens is 253 g/mol. The first-order valence-corrected chi connectivity index (χ1v) is 7.07. The Bertz CT molecular complexity index is 392. The summed E-state index contributed by atoms with van der Waals surface area (Å²) in [5.41, 5.74) is 1.21. The van der Waals surface area contributed by atoms with Crippen molar-refractivity contribution in [3.63, 3.8) is 0 Å². The van der Waals surface area contributed by atoms with E-state index in [0.717, 1.165) is 16.6 Å². The predicted octanol–water partition coefficient (Wildman–Crippen LogP) is 4.49. The predicted molar refractivity (Wildman–Crippen MR) is 75.1 cm³/mol. The number of rotatable bonds is 4. The molecule has 0 amide bonds. The van der Waals surface area contributed by atoms with Crippen LogP contribution in [0.15, 0.2) is 18.2 Å². The monoisotopic (exact) mass is 271 g/mol. The van der Waals surface area contributed by atoms with Gasteiger partial charge in [0.1, 0.15) is 0 Å². The van der Waals surface area contributed by atoms with Crippen LogP contribution in [0, 0.1) is 5.92 Å². The summed E-state index contributed by atoms with van der Waals surface area (Å²) in [6, 6.07) is 6.40. The fourth-order valence-electron chi connectivity index (χ4n) is 2.60. The van der Waals surface area contributed by atoms with E-state index in [9.17, 15) is 0 Å². The first-order valence-electron chi connectivity index (χ1n) is 6.31. The minimum absolute atomic E-state index is 0.551. The molecular formula is C14H19Cl2N. The molecule has 1 aliphatic carbocycles. The van der Waals surface area contributed by atoms with Gasteiger partial charge in [0.15, 0.2) is 0 Å². The van der Waals surface area contributed by atoms with Crippen molar-refractivity contribution in [1.82, 2.24) is 5.32 Å². The molecule has 0 aliphatic heterocycles. The molecule has 0 spiro atoms. The van der Waals surface area contributed by atoms with Crippen LogP contribution in [0.3, 0.4) is 0 Å². The Morgan fingerprint density at radius 1 is 1.35 bits per heavy atom. The highest BCUT2D eigenvalue weighted by atomic mass is 35.5. The van der Waals surface area contributed by atoms with Crippen molar-refractivity contribution >= 4 is 23.2 Å². The highest BCUT2D eigenvalue weighted by Crippen LogP contribution is 2.45. The van der Waals surface area contributed by atoms with Crippen LogP contribution in [-0.2, 0) is 0 Å². The number of hydrogen-bond donors (Lipinski definition) is 1. The van der Waals surface area contributed by atoms with Crippen LogP contribution >= 0.6 is 23.2 Å². The van der Waals surface area contributed by atoms with E-state index in [-0.39, 0.29) is 0 Å². The van der Waals surface area contributed by atoms with Crippen LogP contribution in [0.4, 0.5) is 0 Å². The van der Waals surface area contributed by atoms with E-state index < -0.39 is 0 Å². The molecule has 3 atom stereocenters. The SMILES string of the molecule is CCCNC1CC(c2cc(Cl)ccc2Cl)C1C. The number of benzene rings is 1. The zero-order chi connectivity index (χ0) is 12.4. The number of halogens is 2. The summed E-state index contributed by atoms with van der Waals surface area (Å²) < 4.78 is 0. The molecule has 1 fully saturated rings. The van der Waals surface area contributed by atoms with E-state index in [1.165, 1.54) is 18.4 Å². The molecule has 0 aromatic heterocycles. The lowest BCUT2D eigenvalue weighted by atomic mass is 9.67. The standard InChI is InChI=1S/C14H19Cl2N/c1-3-6-17-14-8-11(9(14)2)12-7-10(15)4-5-13(12)16/h4-5,7,9,11,14,17H,3,6,8H2,1-2H3. The van der Waals surface area contributed by atoms with Crippen molar-refractivity contribution < 1.29 is 0 Å². The number of nitrogens with one attached hydrogen (secondary N) is 1.